The third-order valence-corrected chi connectivity index (χ3v) is 4.53. The zero-order valence-corrected chi connectivity index (χ0v) is 16.5. The first kappa shape index (κ1) is 18.9. The Kier molecular flexibility index (Phi) is 5.44. The lowest BCUT2D eigenvalue weighted by Crippen LogP contribution is -2.11. The average molecular weight is 367 g/mol. The van der Waals surface area contributed by atoms with Crippen LogP contribution in [-0.4, -0.2) is 34.3 Å². The minimum atomic E-state index is -0.418. The number of fused-ring (bicyclic) bond motifs is 1. The van der Waals surface area contributed by atoms with Gasteiger partial charge < -0.3 is 9.47 Å². The molecule has 3 rings (SSSR count). The molecule has 0 fully saturated rings. The Balaban J connectivity index is 2.35. The average Bonchev–Trinajstić information content (AvgIpc) is 2.98. The Bertz CT molecular complexity index is 992. The van der Waals surface area contributed by atoms with Gasteiger partial charge in [-0.25, -0.2) is 14.3 Å². The van der Waals surface area contributed by atoms with Crippen LogP contribution in [0, 0.1) is 13.8 Å². The van der Waals surface area contributed by atoms with Crippen molar-refractivity contribution < 1.29 is 14.3 Å². The number of carbonyl (C=O) groups excluding carboxylic acids is 1. The van der Waals surface area contributed by atoms with E-state index in [1.807, 2.05) is 36.6 Å². The number of nitrogens with zero attached hydrogens (tertiary/aromatic N) is 3. The van der Waals surface area contributed by atoms with Crippen molar-refractivity contribution in [1.29, 1.82) is 0 Å². The third-order valence-electron chi connectivity index (χ3n) is 4.53. The maximum Gasteiger partial charge on any atom is 0.357 e. The highest BCUT2D eigenvalue weighted by Gasteiger charge is 2.22. The molecule has 0 atom stereocenters. The van der Waals surface area contributed by atoms with E-state index in [9.17, 15) is 4.79 Å². The van der Waals surface area contributed by atoms with E-state index in [1.165, 1.54) is 0 Å². The zero-order chi connectivity index (χ0) is 19.6. The van der Waals surface area contributed by atoms with Crippen molar-refractivity contribution >= 4 is 11.6 Å². The summed E-state index contributed by atoms with van der Waals surface area (Å²) in [7, 11) is 1.65. The Hall–Kier alpha value is -2.89. The molecule has 0 saturated heterocycles. The highest BCUT2D eigenvalue weighted by atomic mass is 16.5. The molecule has 0 aliphatic heterocycles. The number of ether oxygens (including phenoxy) is 2. The second-order valence-corrected chi connectivity index (χ2v) is 6.45. The molecule has 0 aliphatic rings. The van der Waals surface area contributed by atoms with E-state index in [2.05, 4.69) is 11.9 Å². The van der Waals surface area contributed by atoms with Gasteiger partial charge in [-0.2, -0.15) is 5.10 Å². The molecule has 0 amide bonds. The molecule has 0 radical (unpaired) electrons. The number of aromatic nitrogens is 3. The Morgan fingerprint density at radius 2 is 1.96 bits per heavy atom. The van der Waals surface area contributed by atoms with Crippen LogP contribution in [0.25, 0.3) is 16.8 Å². The van der Waals surface area contributed by atoms with E-state index in [0.717, 1.165) is 46.7 Å². The molecule has 2 aromatic heterocycles. The molecule has 0 N–H and O–H groups in total. The topological polar surface area (TPSA) is 65.7 Å². The monoisotopic (exact) mass is 367 g/mol. The molecule has 0 bridgehead atoms. The van der Waals surface area contributed by atoms with E-state index in [-0.39, 0.29) is 0 Å². The van der Waals surface area contributed by atoms with Crippen molar-refractivity contribution in [2.24, 2.45) is 0 Å². The van der Waals surface area contributed by atoms with Gasteiger partial charge in [-0.3, -0.25) is 0 Å². The van der Waals surface area contributed by atoms with E-state index in [0.29, 0.717) is 17.9 Å². The number of aryl methyl sites for hydroxylation is 3. The minimum Gasteiger partial charge on any atom is -0.496 e. The van der Waals surface area contributed by atoms with Crippen molar-refractivity contribution in [2.75, 3.05) is 13.7 Å². The molecule has 6 heteroatoms. The molecule has 142 valence electrons. The maximum atomic E-state index is 12.4. The lowest BCUT2D eigenvalue weighted by molar-refractivity contribution is 0.0519. The quantitative estimate of drug-likeness (QED) is 0.612. The lowest BCUT2D eigenvalue weighted by atomic mass is 9.99. The van der Waals surface area contributed by atoms with Crippen LogP contribution in [0.4, 0.5) is 0 Å². The van der Waals surface area contributed by atoms with Gasteiger partial charge in [-0.15, -0.1) is 0 Å². The van der Waals surface area contributed by atoms with Crippen LogP contribution in [0.15, 0.2) is 24.3 Å². The highest BCUT2D eigenvalue weighted by molar-refractivity contribution is 5.91. The number of rotatable bonds is 6. The van der Waals surface area contributed by atoms with Crippen LogP contribution in [0.2, 0.25) is 0 Å². The third kappa shape index (κ3) is 3.39. The van der Waals surface area contributed by atoms with Crippen molar-refractivity contribution in [3.8, 4) is 16.9 Å². The summed E-state index contributed by atoms with van der Waals surface area (Å²) in [4.78, 5) is 17.0. The van der Waals surface area contributed by atoms with Gasteiger partial charge in [0.1, 0.15) is 5.75 Å². The molecule has 0 unspecified atom stereocenters. The Morgan fingerprint density at radius 1 is 1.19 bits per heavy atom. The van der Waals surface area contributed by atoms with Crippen LogP contribution < -0.4 is 4.74 Å². The second-order valence-electron chi connectivity index (χ2n) is 6.45. The van der Waals surface area contributed by atoms with Crippen molar-refractivity contribution in [3.63, 3.8) is 0 Å². The van der Waals surface area contributed by atoms with Crippen LogP contribution in [-0.2, 0) is 11.2 Å². The number of esters is 1. The number of carbonyl (C=O) groups is 1. The fourth-order valence-corrected chi connectivity index (χ4v) is 3.35. The molecule has 0 spiro atoms. The largest absolute Gasteiger partial charge is 0.496 e. The Morgan fingerprint density at radius 3 is 2.63 bits per heavy atom. The summed E-state index contributed by atoms with van der Waals surface area (Å²) in [6.45, 7) is 8.18. The van der Waals surface area contributed by atoms with Gasteiger partial charge >= 0.3 is 5.97 Å². The minimum absolute atomic E-state index is 0.307. The predicted octanol–water partition coefficient (Wildman–Crippen LogP) is 4.15. The SMILES string of the molecule is CCCc1cc(C(=O)OCC)nc2c(-c3c(C)cccc3OC)c(C)nn12. The molecule has 0 aliphatic carbocycles. The normalized spacial score (nSPS) is 11.0. The first-order valence-corrected chi connectivity index (χ1v) is 9.22. The molecule has 3 aromatic rings. The summed E-state index contributed by atoms with van der Waals surface area (Å²) in [5, 5.41) is 4.72. The van der Waals surface area contributed by atoms with Gasteiger partial charge in [-0.1, -0.05) is 25.5 Å². The van der Waals surface area contributed by atoms with E-state index >= 15 is 0 Å². The Labute approximate surface area is 159 Å². The van der Waals surface area contributed by atoms with Gasteiger partial charge in [0.05, 0.1) is 25.0 Å². The maximum absolute atomic E-state index is 12.4. The first-order valence-electron chi connectivity index (χ1n) is 9.22. The molecular formula is C21H25N3O3. The first-order chi connectivity index (χ1) is 13.0. The van der Waals surface area contributed by atoms with Crippen molar-refractivity contribution in [1.82, 2.24) is 14.6 Å². The fourth-order valence-electron chi connectivity index (χ4n) is 3.35. The molecule has 0 saturated carbocycles. The smallest absolute Gasteiger partial charge is 0.357 e. The van der Waals surface area contributed by atoms with E-state index in [4.69, 9.17) is 14.6 Å². The zero-order valence-electron chi connectivity index (χ0n) is 16.5. The summed E-state index contributed by atoms with van der Waals surface area (Å²) >= 11 is 0. The van der Waals surface area contributed by atoms with Gasteiger partial charge in [0.25, 0.3) is 0 Å². The molecule has 27 heavy (non-hydrogen) atoms. The van der Waals surface area contributed by atoms with Crippen LogP contribution in [0.5, 0.6) is 5.75 Å². The summed E-state index contributed by atoms with van der Waals surface area (Å²) in [6, 6.07) is 7.69. The van der Waals surface area contributed by atoms with Crippen LogP contribution in [0.3, 0.4) is 0 Å². The van der Waals surface area contributed by atoms with Gasteiger partial charge in [0.2, 0.25) is 0 Å². The number of benzene rings is 1. The number of methoxy groups -OCH3 is 1. The van der Waals surface area contributed by atoms with E-state index in [1.54, 1.807) is 20.1 Å². The van der Waals surface area contributed by atoms with Gasteiger partial charge in [-0.05, 0) is 44.9 Å². The summed E-state index contributed by atoms with van der Waals surface area (Å²) < 4.78 is 12.6. The molecule has 6 nitrogen and oxygen atoms in total. The predicted molar refractivity (Wildman–Crippen MR) is 104 cm³/mol. The molecule has 2 heterocycles. The summed E-state index contributed by atoms with van der Waals surface area (Å²) in [5.41, 5.74) is 5.63. The second kappa shape index (κ2) is 7.78. The highest BCUT2D eigenvalue weighted by Crippen LogP contribution is 2.37. The van der Waals surface area contributed by atoms with Gasteiger partial charge in [0.15, 0.2) is 11.3 Å². The van der Waals surface area contributed by atoms with E-state index < -0.39 is 5.97 Å². The number of hydrogen-bond acceptors (Lipinski definition) is 5. The van der Waals surface area contributed by atoms with Crippen LogP contribution >= 0.6 is 0 Å². The summed E-state index contributed by atoms with van der Waals surface area (Å²) in [6.07, 6.45) is 1.72. The lowest BCUT2D eigenvalue weighted by Gasteiger charge is -2.12. The molecular weight excluding hydrogens is 342 g/mol. The van der Waals surface area contributed by atoms with Gasteiger partial charge in [0, 0.05) is 11.3 Å². The standard InChI is InChI=1S/C21H25N3O3/c1-6-9-15-12-16(21(25)27-7-2)22-20-19(14(4)23-24(15)20)18-13(3)10-8-11-17(18)26-5/h8,10-12H,6-7,9H2,1-5H3. The summed E-state index contributed by atoms with van der Waals surface area (Å²) in [5.74, 6) is 0.340. The van der Waals surface area contributed by atoms with Crippen molar-refractivity contribution in [2.45, 2.75) is 40.5 Å². The number of hydrogen-bond donors (Lipinski definition) is 0. The van der Waals surface area contributed by atoms with Crippen LogP contribution in [0.1, 0.15) is 47.7 Å². The van der Waals surface area contributed by atoms with Crippen molar-refractivity contribution in [3.05, 3.63) is 46.9 Å². The fraction of sp³-hybridized carbons (Fsp3) is 0.381. The molecule has 1 aromatic carbocycles.